The summed E-state index contributed by atoms with van der Waals surface area (Å²) in [5, 5.41) is 0. The second-order valence-corrected chi connectivity index (χ2v) is 21.9. The van der Waals surface area contributed by atoms with Gasteiger partial charge >= 0.3 is 0 Å². The maximum absolute atomic E-state index is 11.1. The van der Waals surface area contributed by atoms with E-state index >= 15 is 0 Å². The monoisotopic (exact) mass is 742 g/mol. The first-order valence-electron chi connectivity index (χ1n) is 19.6. The number of likely N-dealkylation sites (N-methyl/N-ethyl adjacent to an activating group) is 1. The maximum atomic E-state index is 11.1. The van der Waals surface area contributed by atoms with E-state index in [0.29, 0.717) is 41.2 Å². The van der Waals surface area contributed by atoms with E-state index in [4.69, 9.17) is 4.74 Å². The van der Waals surface area contributed by atoms with Crippen molar-refractivity contribution in [3.63, 3.8) is 0 Å². The molecular formula is C40H83N7O3S. The number of piperazine rings is 1. The Morgan fingerprint density at radius 1 is 0.510 bits per heavy atom. The minimum atomic E-state index is -2.72. The van der Waals surface area contributed by atoms with Gasteiger partial charge in [0.25, 0.3) is 0 Å². The largest absolute Gasteiger partial charge is 0.379 e. The van der Waals surface area contributed by atoms with Crippen LogP contribution in [0.1, 0.15) is 117 Å². The fourth-order valence-corrected chi connectivity index (χ4v) is 7.34. The smallest absolute Gasteiger partial charge is 0.152 e. The van der Waals surface area contributed by atoms with Gasteiger partial charge in [0.1, 0.15) is 0 Å². The summed E-state index contributed by atoms with van der Waals surface area (Å²) in [5.41, 5.74) is 1.38. The average molecular weight is 742 g/mol. The summed E-state index contributed by atoms with van der Waals surface area (Å²) in [4.78, 5) is 16.1. The zero-order valence-electron chi connectivity index (χ0n) is 36.3. The number of nitrogens with zero attached hydrogens (tertiary/aromatic N) is 7. The van der Waals surface area contributed by atoms with E-state index in [0.717, 1.165) is 26.3 Å². The first kappa shape index (κ1) is 47.9. The van der Waals surface area contributed by atoms with Gasteiger partial charge in [-0.3, -0.25) is 19.6 Å². The second kappa shape index (κ2) is 20.6. The molecule has 4 fully saturated rings. The van der Waals surface area contributed by atoms with Crippen molar-refractivity contribution in [3.8, 4) is 0 Å². The highest BCUT2D eigenvalue weighted by atomic mass is 32.2. The molecule has 1 aromatic rings. The van der Waals surface area contributed by atoms with E-state index in [-0.39, 0.29) is 11.1 Å². The van der Waals surface area contributed by atoms with Crippen LogP contribution in [0.4, 0.5) is 0 Å². The lowest BCUT2D eigenvalue weighted by atomic mass is 10.1. The van der Waals surface area contributed by atoms with Crippen molar-refractivity contribution in [3.05, 3.63) is 18.7 Å². The van der Waals surface area contributed by atoms with Crippen LogP contribution in [0.3, 0.4) is 0 Å². The molecule has 0 aliphatic carbocycles. The van der Waals surface area contributed by atoms with Gasteiger partial charge < -0.3 is 14.2 Å². The molecule has 302 valence electrons. The lowest BCUT2D eigenvalue weighted by molar-refractivity contribution is -0.00389. The highest BCUT2D eigenvalue weighted by molar-refractivity contribution is 7.91. The molecule has 0 unspecified atom stereocenters. The van der Waals surface area contributed by atoms with Gasteiger partial charge in [-0.2, -0.15) is 0 Å². The van der Waals surface area contributed by atoms with E-state index in [2.05, 4.69) is 145 Å². The normalized spacial score (nSPS) is 21.9. The third-order valence-electron chi connectivity index (χ3n) is 10.0. The van der Waals surface area contributed by atoms with Crippen LogP contribution in [0.25, 0.3) is 0 Å². The van der Waals surface area contributed by atoms with Crippen molar-refractivity contribution in [1.29, 1.82) is 0 Å². The first-order chi connectivity index (χ1) is 23.1. The van der Waals surface area contributed by atoms with Crippen molar-refractivity contribution < 1.29 is 13.2 Å². The maximum Gasteiger partial charge on any atom is 0.152 e. The summed E-state index contributed by atoms with van der Waals surface area (Å²) < 4.78 is 29.5. The molecular weight excluding hydrogens is 659 g/mol. The molecule has 0 radical (unpaired) electrons. The molecule has 0 atom stereocenters. The van der Waals surface area contributed by atoms with E-state index in [1.54, 1.807) is 6.20 Å². The van der Waals surface area contributed by atoms with Gasteiger partial charge in [-0.1, -0.05) is 0 Å². The predicted octanol–water partition coefficient (Wildman–Crippen LogP) is 6.18. The summed E-state index contributed by atoms with van der Waals surface area (Å²) in [5.74, 6) is 0.647. The van der Waals surface area contributed by atoms with Crippen LogP contribution in [0.15, 0.2) is 18.7 Å². The third-order valence-corrected chi connectivity index (χ3v) is 11.6. The predicted molar refractivity (Wildman–Crippen MR) is 219 cm³/mol. The number of rotatable bonds is 0. The summed E-state index contributed by atoms with van der Waals surface area (Å²) >= 11 is 0. The highest BCUT2D eigenvalue weighted by Gasteiger charge is 2.29. The molecule has 10 nitrogen and oxygen atoms in total. The summed E-state index contributed by atoms with van der Waals surface area (Å²) in [6.07, 6.45) is 8.40. The fraction of sp³-hybridized carbons (Fsp3) is 0.925. The number of ether oxygens (including phenoxy) is 1. The molecule has 4 aliphatic rings. The van der Waals surface area contributed by atoms with Gasteiger partial charge in [-0.05, 0) is 137 Å². The van der Waals surface area contributed by atoms with Crippen molar-refractivity contribution in [2.75, 3.05) is 97.2 Å². The number of aromatic nitrogens is 2. The minimum Gasteiger partial charge on any atom is -0.379 e. The van der Waals surface area contributed by atoms with Gasteiger partial charge in [-0.25, -0.2) is 13.4 Å². The number of morpholine rings is 1. The van der Waals surface area contributed by atoms with Crippen LogP contribution in [-0.2, 0) is 20.1 Å². The van der Waals surface area contributed by atoms with Crippen molar-refractivity contribution >= 4 is 9.84 Å². The molecule has 51 heavy (non-hydrogen) atoms. The lowest BCUT2D eigenvalue weighted by Gasteiger charge is -2.41. The van der Waals surface area contributed by atoms with Crippen LogP contribution in [0, 0.1) is 0 Å². The summed E-state index contributed by atoms with van der Waals surface area (Å²) in [7, 11) is -0.523. The standard InChI is InChI=1S/C9H20N2.C8H17NO2S.C8H17NO.C8H17N.C7H12N2/c1-9(2,3)11-7-5-10(4)6-8-11;1-8(2,3)9-4-6-12(10,11)7-5-9;1-8(2,3)9-4-6-10-7-5-9;1-8(2,3)9-6-4-5-7-9;1-7(2,3)9-5-4-8-6-9/h5-8H2,1-4H3;4-7H2,1-3H3;4-7H2,1-3H3;4-7H2,1-3H3;4-6H,1-3H3. The molecule has 11 heteroatoms. The molecule has 0 spiro atoms. The molecule has 5 rings (SSSR count). The van der Waals surface area contributed by atoms with E-state index in [9.17, 15) is 8.42 Å². The Hall–Kier alpha value is -1.08. The molecule has 4 aliphatic heterocycles. The Labute approximate surface area is 316 Å². The molecule has 0 saturated carbocycles. The van der Waals surface area contributed by atoms with Crippen LogP contribution >= 0.6 is 0 Å². The fourth-order valence-electron chi connectivity index (χ4n) is 6.14. The summed E-state index contributed by atoms with van der Waals surface area (Å²) in [6.45, 7) is 46.1. The van der Waals surface area contributed by atoms with E-state index < -0.39 is 9.84 Å². The Balaban J connectivity index is 0.000000320. The van der Waals surface area contributed by atoms with E-state index in [1.165, 1.54) is 52.1 Å². The lowest BCUT2D eigenvalue weighted by Crippen LogP contribution is -2.52. The molecule has 0 aromatic carbocycles. The van der Waals surface area contributed by atoms with Crippen LogP contribution in [0.2, 0.25) is 0 Å². The number of sulfone groups is 1. The Morgan fingerprint density at radius 3 is 1.18 bits per heavy atom. The second-order valence-electron chi connectivity index (χ2n) is 19.5. The summed E-state index contributed by atoms with van der Waals surface area (Å²) in [6, 6.07) is 0. The number of likely N-dealkylation sites (tertiary alicyclic amines) is 1. The van der Waals surface area contributed by atoms with Gasteiger partial charge in [-0.15, -0.1) is 0 Å². The topological polar surface area (TPSA) is 77.4 Å². The number of hydrogen-bond acceptors (Lipinski definition) is 9. The molecule has 0 N–H and O–H groups in total. The zero-order valence-corrected chi connectivity index (χ0v) is 37.1. The molecule has 5 heterocycles. The Bertz CT molecular complexity index is 1140. The number of hydrogen-bond donors (Lipinski definition) is 0. The van der Waals surface area contributed by atoms with Crippen LogP contribution in [0.5, 0.6) is 0 Å². The Morgan fingerprint density at radius 2 is 0.882 bits per heavy atom. The molecule has 0 bridgehead atoms. The van der Waals surface area contributed by atoms with Gasteiger partial charge in [0, 0.05) is 92.4 Å². The van der Waals surface area contributed by atoms with Crippen LogP contribution < -0.4 is 0 Å². The van der Waals surface area contributed by atoms with Gasteiger partial charge in [0.05, 0.1) is 31.0 Å². The first-order valence-corrected chi connectivity index (χ1v) is 21.4. The molecule has 4 saturated heterocycles. The van der Waals surface area contributed by atoms with Crippen molar-refractivity contribution in [2.24, 2.45) is 0 Å². The average Bonchev–Trinajstić information content (AvgIpc) is 3.73. The number of imidazole rings is 1. The van der Waals surface area contributed by atoms with Crippen LogP contribution in [-0.4, -0.2) is 162 Å². The minimum absolute atomic E-state index is 0.107. The molecule has 1 aromatic heterocycles. The molecule has 0 amide bonds. The zero-order chi connectivity index (χ0) is 39.3. The van der Waals surface area contributed by atoms with E-state index in [1.807, 2.05) is 12.5 Å². The van der Waals surface area contributed by atoms with Crippen molar-refractivity contribution in [2.45, 2.75) is 144 Å². The van der Waals surface area contributed by atoms with Gasteiger partial charge in [0.2, 0.25) is 0 Å². The highest BCUT2D eigenvalue weighted by Crippen LogP contribution is 2.20. The third kappa shape index (κ3) is 20.3. The Kier molecular flexibility index (Phi) is 19.3. The van der Waals surface area contributed by atoms with Gasteiger partial charge in [0.15, 0.2) is 9.84 Å². The SMILES string of the molecule is CC(C)(C)N1CCCC1.CC(C)(C)N1CCOCC1.CC(C)(C)N1CCS(=O)(=O)CC1.CC(C)(C)n1ccnc1.CN1CCN(C(C)(C)C)CC1. The quantitative estimate of drug-likeness (QED) is 0.310. The van der Waals surface area contributed by atoms with Crippen molar-refractivity contribution in [1.82, 2.24) is 34.1 Å².